The molecule has 1 aliphatic rings. The van der Waals surface area contributed by atoms with Crippen molar-refractivity contribution in [3.8, 4) is 56.8 Å². The topological polar surface area (TPSA) is 121 Å². The van der Waals surface area contributed by atoms with Crippen molar-refractivity contribution in [2.45, 2.75) is 25.7 Å². The molecule has 6 heteroatoms. The van der Waals surface area contributed by atoms with E-state index in [1.165, 1.54) is 0 Å². The fraction of sp³-hybridized carbons (Fsp3) is 0.0588. The van der Waals surface area contributed by atoms with E-state index in [2.05, 4.69) is 12.1 Å². The van der Waals surface area contributed by atoms with E-state index in [9.17, 15) is 30.6 Å². The van der Waals surface area contributed by atoms with Gasteiger partial charge >= 0.3 is 0 Å². The summed E-state index contributed by atoms with van der Waals surface area (Å²) in [4.78, 5) is 0. The van der Waals surface area contributed by atoms with Gasteiger partial charge in [-0.3, -0.25) is 0 Å². The Labute approximate surface area is 423 Å². The number of benzene rings is 16. The third-order valence-corrected chi connectivity index (χ3v) is 16.3. The number of phenolic OH excluding ortho intramolecular Hbond substituents is 6. The molecule has 0 aromatic heterocycles. The Hall–Kier alpha value is -9.52. The van der Waals surface area contributed by atoms with Crippen LogP contribution in [0, 0.1) is 0 Å². The molecule has 0 aliphatic heterocycles. The van der Waals surface area contributed by atoms with Gasteiger partial charge in [-0.05, 0) is 145 Å². The zero-order valence-electron chi connectivity index (χ0n) is 39.8. The van der Waals surface area contributed by atoms with Gasteiger partial charge in [0.2, 0.25) is 0 Å². The maximum atomic E-state index is 12.7. The fourth-order valence-electron chi connectivity index (χ4n) is 12.9. The highest BCUT2D eigenvalue weighted by molar-refractivity contribution is 6.43. The highest BCUT2D eigenvalue weighted by Crippen LogP contribution is 2.54. The van der Waals surface area contributed by atoms with Crippen molar-refractivity contribution in [2.75, 3.05) is 0 Å². The second kappa shape index (κ2) is 15.5. The van der Waals surface area contributed by atoms with E-state index in [0.717, 1.165) is 86.9 Å². The number of rotatable bonds is 2. The molecule has 352 valence electrons. The van der Waals surface area contributed by atoms with Crippen LogP contribution in [-0.4, -0.2) is 30.6 Å². The molecular formula is C68H44O6. The molecule has 1 aliphatic carbocycles. The molecule has 74 heavy (non-hydrogen) atoms. The summed E-state index contributed by atoms with van der Waals surface area (Å²) in [6.07, 6.45) is 0.733. The van der Waals surface area contributed by atoms with E-state index < -0.39 is 0 Å². The summed E-state index contributed by atoms with van der Waals surface area (Å²) in [6, 6.07) is 60.1. The van der Waals surface area contributed by atoms with E-state index in [1.54, 1.807) is 0 Å². The largest absolute Gasteiger partial charge is 0.507 e. The van der Waals surface area contributed by atoms with E-state index in [-0.39, 0.29) is 60.2 Å². The first-order chi connectivity index (χ1) is 36.2. The Morgan fingerprint density at radius 3 is 0.730 bits per heavy atom. The minimum Gasteiger partial charge on any atom is -0.507 e. The maximum absolute atomic E-state index is 12.7. The molecule has 16 aromatic rings. The van der Waals surface area contributed by atoms with Crippen molar-refractivity contribution in [1.29, 1.82) is 0 Å². The standard InChI is InChI=1S/C68H44O6/c69-63-43-27-37-19-23-51-55-47-15-7-9-17-49(47)57(59(51)65(37)71)61-53(55)25-21-39(67(61)73)29-45-33-42(36-13-5-2-6-14-36)34-46(64(45)70)30-40-22-26-54-56-48-16-8-10-18-50(48)58(62(54)68(40)74)60-52(56)24-20-38(66(60)72)28-44(63)32-41(31-43)35-11-3-1-4-12-35/h1-26,31-34,69-74H,27-30H2. The summed E-state index contributed by atoms with van der Waals surface area (Å²) in [7, 11) is 0. The minimum atomic E-state index is 0.0679. The van der Waals surface area contributed by atoms with E-state index in [4.69, 9.17) is 0 Å². The Bertz CT molecular complexity index is 4220. The van der Waals surface area contributed by atoms with Gasteiger partial charge in [0.1, 0.15) is 34.5 Å². The van der Waals surface area contributed by atoms with E-state index in [0.29, 0.717) is 66.1 Å². The lowest BCUT2D eigenvalue weighted by Gasteiger charge is -2.22. The highest BCUT2D eigenvalue weighted by atomic mass is 16.3. The van der Waals surface area contributed by atoms with Crippen molar-refractivity contribution >= 4 is 86.2 Å². The molecule has 0 unspecified atom stereocenters. The third-order valence-electron chi connectivity index (χ3n) is 16.3. The van der Waals surface area contributed by atoms with Crippen LogP contribution in [0.1, 0.15) is 44.5 Å². The molecular weight excluding hydrogens is 913 g/mol. The van der Waals surface area contributed by atoms with Crippen LogP contribution in [0.15, 0.2) is 182 Å². The summed E-state index contributed by atoms with van der Waals surface area (Å²) in [5, 5.41) is 88.9. The predicted molar refractivity (Wildman–Crippen MR) is 300 cm³/mol. The van der Waals surface area contributed by atoms with Crippen molar-refractivity contribution in [2.24, 2.45) is 0 Å². The lowest BCUT2D eigenvalue weighted by atomic mass is 9.82. The number of aromatic hydroxyl groups is 6. The van der Waals surface area contributed by atoms with Crippen LogP contribution in [0.2, 0.25) is 0 Å². The monoisotopic (exact) mass is 956 g/mol. The summed E-state index contributed by atoms with van der Waals surface area (Å²) >= 11 is 0. The Balaban J connectivity index is 1.05. The first kappa shape index (κ1) is 42.2. The molecule has 6 nitrogen and oxygen atoms in total. The molecule has 0 amide bonds. The van der Waals surface area contributed by atoms with E-state index >= 15 is 0 Å². The summed E-state index contributed by atoms with van der Waals surface area (Å²) in [6.45, 7) is 0. The van der Waals surface area contributed by atoms with Crippen LogP contribution in [0.3, 0.4) is 0 Å². The summed E-state index contributed by atoms with van der Waals surface area (Å²) in [5.74, 6) is 0.419. The molecule has 0 fully saturated rings. The molecule has 0 heterocycles. The van der Waals surface area contributed by atoms with Crippen LogP contribution in [0.5, 0.6) is 34.5 Å². The number of hydrogen-bond donors (Lipinski definition) is 6. The molecule has 17 rings (SSSR count). The molecule has 0 saturated carbocycles. The van der Waals surface area contributed by atoms with Gasteiger partial charge in [0.15, 0.2) is 0 Å². The first-order valence-corrected chi connectivity index (χ1v) is 25.1. The normalized spacial score (nSPS) is 13.0. The average molecular weight is 957 g/mol. The summed E-state index contributed by atoms with van der Waals surface area (Å²) in [5.41, 5.74) is 8.51. The molecule has 0 spiro atoms. The van der Waals surface area contributed by atoms with Gasteiger partial charge in [-0.25, -0.2) is 0 Å². The zero-order chi connectivity index (χ0) is 49.7. The minimum absolute atomic E-state index is 0.0679. The van der Waals surface area contributed by atoms with Gasteiger partial charge in [0.25, 0.3) is 0 Å². The van der Waals surface area contributed by atoms with Crippen LogP contribution in [0.4, 0.5) is 0 Å². The smallest absolute Gasteiger partial charge is 0.127 e. The molecule has 6 N–H and O–H groups in total. The van der Waals surface area contributed by atoms with Gasteiger partial charge in [-0.2, -0.15) is 0 Å². The Kier molecular flexibility index (Phi) is 8.83. The van der Waals surface area contributed by atoms with Crippen LogP contribution in [0.25, 0.3) is 108 Å². The van der Waals surface area contributed by atoms with Crippen molar-refractivity contribution < 1.29 is 30.6 Å². The second-order valence-electron chi connectivity index (χ2n) is 20.3. The van der Waals surface area contributed by atoms with Gasteiger partial charge in [-0.15, -0.1) is 0 Å². The van der Waals surface area contributed by atoms with Crippen LogP contribution in [-0.2, 0) is 25.7 Å². The lowest BCUT2D eigenvalue weighted by molar-refractivity contribution is 0.458. The molecule has 0 radical (unpaired) electrons. The second-order valence-corrected chi connectivity index (χ2v) is 20.3. The zero-order valence-corrected chi connectivity index (χ0v) is 39.8. The SMILES string of the molecule is Oc1c2cc(-c3ccccc3)cc1Cc1ccc3c(c1O)c1c4ccccc4c3c3ccc(c(O)c31)Cc1cc(-c3ccccc3)cc(c1O)Cc1ccc3c(c1O)c1c4ccccc4c3c3ccc(c(O)c31)C2. The Morgan fingerprint density at radius 1 is 0.189 bits per heavy atom. The number of fused-ring (bicyclic) bond motifs is 8. The quantitative estimate of drug-likeness (QED) is 0.0960. The molecule has 16 bridgehead atoms. The highest BCUT2D eigenvalue weighted by Gasteiger charge is 2.28. The van der Waals surface area contributed by atoms with Crippen LogP contribution >= 0.6 is 0 Å². The predicted octanol–water partition coefficient (Wildman–Crippen LogP) is 16.0. The van der Waals surface area contributed by atoms with Crippen molar-refractivity contribution in [3.63, 3.8) is 0 Å². The number of phenols is 6. The Morgan fingerprint density at radius 2 is 0.446 bits per heavy atom. The van der Waals surface area contributed by atoms with Crippen LogP contribution < -0.4 is 0 Å². The van der Waals surface area contributed by atoms with Gasteiger partial charge in [0, 0.05) is 58.0 Å². The lowest BCUT2D eigenvalue weighted by Crippen LogP contribution is -2.00. The fourth-order valence-corrected chi connectivity index (χ4v) is 12.9. The van der Waals surface area contributed by atoms with Gasteiger partial charge in [-0.1, -0.05) is 158 Å². The van der Waals surface area contributed by atoms with Gasteiger partial charge in [0.05, 0.1) is 0 Å². The van der Waals surface area contributed by atoms with Gasteiger partial charge < -0.3 is 30.6 Å². The van der Waals surface area contributed by atoms with Crippen molar-refractivity contribution in [1.82, 2.24) is 0 Å². The summed E-state index contributed by atoms with van der Waals surface area (Å²) < 4.78 is 0. The molecule has 0 atom stereocenters. The third kappa shape index (κ3) is 5.88. The average Bonchev–Trinajstić information content (AvgIpc) is 3.45. The molecule has 0 saturated heterocycles. The maximum Gasteiger partial charge on any atom is 0.127 e. The number of hydrogen-bond acceptors (Lipinski definition) is 6. The van der Waals surface area contributed by atoms with Crippen molar-refractivity contribution in [3.05, 3.63) is 226 Å². The first-order valence-electron chi connectivity index (χ1n) is 25.1. The molecule has 16 aromatic carbocycles. The van der Waals surface area contributed by atoms with E-state index in [1.807, 2.05) is 170 Å².